The van der Waals surface area contributed by atoms with Crippen molar-refractivity contribution in [2.75, 3.05) is 6.61 Å². The first kappa shape index (κ1) is 18.5. The highest BCUT2D eigenvalue weighted by atomic mass is 16.5. The van der Waals surface area contributed by atoms with Gasteiger partial charge in [-0.2, -0.15) is 0 Å². The van der Waals surface area contributed by atoms with Crippen LogP contribution in [0.2, 0.25) is 0 Å². The summed E-state index contributed by atoms with van der Waals surface area (Å²) in [5, 5.41) is 0. The molecule has 0 N–H and O–H groups in total. The summed E-state index contributed by atoms with van der Waals surface area (Å²) in [6.45, 7) is 12.7. The highest BCUT2D eigenvalue weighted by Crippen LogP contribution is 2.23. The van der Waals surface area contributed by atoms with Crippen LogP contribution >= 0.6 is 0 Å². The van der Waals surface area contributed by atoms with E-state index in [1.165, 1.54) is 5.56 Å². The minimum atomic E-state index is -0.306. The van der Waals surface area contributed by atoms with Crippen LogP contribution in [0.25, 0.3) is 16.0 Å². The molecule has 0 spiro atoms. The molecule has 2 aromatic rings. The number of unbranched alkanes of at least 4 members (excludes halogenated alkanes) is 2. The number of carbonyl (C=O) groups is 1. The van der Waals surface area contributed by atoms with E-state index in [-0.39, 0.29) is 5.97 Å². The number of aryl methyl sites for hydroxylation is 1. The van der Waals surface area contributed by atoms with E-state index in [4.69, 9.17) is 11.3 Å². The van der Waals surface area contributed by atoms with E-state index in [0.29, 0.717) is 17.9 Å². The maximum atomic E-state index is 11.2. The number of rotatable bonds is 8. The minimum Gasteiger partial charge on any atom is -0.462 e. The zero-order chi connectivity index (χ0) is 18.1. The largest absolute Gasteiger partial charge is 0.462 e. The molecule has 0 bridgehead atoms. The summed E-state index contributed by atoms with van der Waals surface area (Å²) >= 11 is 0. The maximum Gasteiger partial charge on any atom is 0.333 e. The molecule has 0 aliphatic carbocycles. The lowest BCUT2D eigenvalue weighted by molar-refractivity contribution is -0.139. The smallest absolute Gasteiger partial charge is 0.333 e. The van der Waals surface area contributed by atoms with Crippen molar-refractivity contribution in [2.24, 2.45) is 0 Å². The second kappa shape index (κ2) is 9.44. The van der Waals surface area contributed by atoms with Gasteiger partial charge in [-0.25, -0.2) is 9.64 Å². The third-order valence-corrected chi connectivity index (χ3v) is 3.98. The number of nitrogens with zero attached hydrogens (tertiary/aromatic N) is 1. The van der Waals surface area contributed by atoms with Gasteiger partial charge in [0, 0.05) is 5.57 Å². The second-order valence-electron chi connectivity index (χ2n) is 6.08. The van der Waals surface area contributed by atoms with Crippen molar-refractivity contribution in [3.05, 3.63) is 77.7 Å². The zero-order valence-corrected chi connectivity index (χ0v) is 14.6. The predicted octanol–water partition coefficient (Wildman–Crippen LogP) is 5.74. The molecule has 0 unspecified atom stereocenters. The first-order valence-corrected chi connectivity index (χ1v) is 8.49. The van der Waals surface area contributed by atoms with Crippen molar-refractivity contribution >= 4 is 11.7 Å². The van der Waals surface area contributed by atoms with Gasteiger partial charge < -0.3 is 4.74 Å². The molecule has 0 aliphatic heterocycles. The number of benzene rings is 2. The van der Waals surface area contributed by atoms with Crippen LogP contribution in [0, 0.1) is 6.57 Å². The Hall–Kier alpha value is -2.86. The van der Waals surface area contributed by atoms with Crippen molar-refractivity contribution in [2.45, 2.75) is 32.6 Å². The van der Waals surface area contributed by atoms with E-state index in [9.17, 15) is 4.79 Å². The van der Waals surface area contributed by atoms with Crippen LogP contribution in [0.3, 0.4) is 0 Å². The molecule has 0 amide bonds. The monoisotopic (exact) mass is 333 g/mol. The highest BCUT2D eigenvalue weighted by Gasteiger charge is 2.02. The number of ether oxygens (including phenoxy) is 1. The fourth-order valence-electron chi connectivity index (χ4n) is 2.49. The Labute approximate surface area is 149 Å². The summed E-state index contributed by atoms with van der Waals surface area (Å²) in [7, 11) is 0. The van der Waals surface area contributed by atoms with Crippen LogP contribution < -0.4 is 0 Å². The van der Waals surface area contributed by atoms with Gasteiger partial charge in [0.15, 0.2) is 5.69 Å². The molecule has 0 saturated heterocycles. The third-order valence-electron chi connectivity index (χ3n) is 3.98. The second-order valence-corrected chi connectivity index (χ2v) is 6.08. The van der Waals surface area contributed by atoms with E-state index in [2.05, 4.69) is 35.7 Å². The fraction of sp³-hybridized carbons (Fsp3) is 0.273. The Balaban J connectivity index is 1.74. The molecule has 2 aromatic carbocycles. The highest BCUT2D eigenvalue weighted by molar-refractivity contribution is 5.86. The van der Waals surface area contributed by atoms with Gasteiger partial charge in [-0.15, -0.1) is 0 Å². The van der Waals surface area contributed by atoms with Crippen LogP contribution in [0.1, 0.15) is 31.7 Å². The lowest BCUT2D eigenvalue weighted by atomic mass is 10.0. The molecular formula is C22H23NO2. The van der Waals surface area contributed by atoms with E-state index in [1.54, 1.807) is 6.92 Å². The van der Waals surface area contributed by atoms with E-state index in [1.807, 2.05) is 24.3 Å². The molecule has 0 fully saturated rings. The molecule has 3 nitrogen and oxygen atoms in total. The number of hydrogen-bond donors (Lipinski definition) is 0. The van der Waals surface area contributed by atoms with Gasteiger partial charge in [0.1, 0.15) is 0 Å². The van der Waals surface area contributed by atoms with Crippen molar-refractivity contribution < 1.29 is 9.53 Å². The fourth-order valence-corrected chi connectivity index (χ4v) is 2.49. The average Bonchev–Trinajstić information content (AvgIpc) is 2.65. The molecular weight excluding hydrogens is 310 g/mol. The molecule has 3 heteroatoms. The molecule has 0 atom stereocenters. The van der Waals surface area contributed by atoms with Crippen molar-refractivity contribution in [3.63, 3.8) is 0 Å². The number of hydrogen-bond acceptors (Lipinski definition) is 2. The molecule has 2 rings (SSSR count). The summed E-state index contributed by atoms with van der Waals surface area (Å²) in [6, 6.07) is 16.2. The van der Waals surface area contributed by atoms with Gasteiger partial charge >= 0.3 is 5.97 Å². The standard InChI is InChI=1S/C22H23NO2/c1-17(2)22(24)25-16-6-4-5-7-18-8-10-19(11-9-18)20-12-14-21(23-3)15-13-20/h8-15H,1,4-7,16H2,2H3. The minimum absolute atomic E-state index is 0.306. The lowest BCUT2D eigenvalue weighted by Gasteiger charge is -2.06. The van der Waals surface area contributed by atoms with Crippen LogP contribution in [0.5, 0.6) is 0 Å². The predicted molar refractivity (Wildman–Crippen MR) is 101 cm³/mol. The van der Waals surface area contributed by atoms with E-state index >= 15 is 0 Å². The lowest BCUT2D eigenvalue weighted by Crippen LogP contribution is -2.06. The molecule has 0 aliphatic rings. The zero-order valence-electron chi connectivity index (χ0n) is 14.6. The normalized spacial score (nSPS) is 10.1. The Morgan fingerprint density at radius 3 is 2.16 bits per heavy atom. The van der Waals surface area contributed by atoms with Crippen molar-refractivity contribution in [3.8, 4) is 11.1 Å². The quantitative estimate of drug-likeness (QED) is 0.267. The first-order chi connectivity index (χ1) is 12.1. The summed E-state index contributed by atoms with van der Waals surface area (Å²) in [4.78, 5) is 14.7. The van der Waals surface area contributed by atoms with Crippen LogP contribution in [0.4, 0.5) is 5.69 Å². The van der Waals surface area contributed by atoms with Gasteiger partial charge in [0.05, 0.1) is 13.2 Å². The summed E-state index contributed by atoms with van der Waals surface area (Å²) in [5.74, 6) is -0.306. The summed E-state index contributed by atoms with van der Waals surface area (Å²) in [5.41, 5.74) is 4.70. The van der Waals surface area contributed by atoms with Gasteiger partial charge in [-0.05, 0) is 49.3 Å². The summed E-state index contributed by atoms with van der Waals surface area (Å²) in [6.07, 6.45) is 4.00. The van der Waals surface area contributed by atoms with Gasteiger partial charge in [-0.1, -0.05) is 55.1 Å². The van der Waals surface area contributed by atoms with E-state index in [0.717, 1.165) is 36.8 Å². The molecule has 0 aromatic heterocycles. The Morgan fingerprint density at radius 2 is 1.60 bits per heavy atom. The Bertz CT molecular complexity index is 752. The molecule has 0 saturated carbocycles. The van der Waals surface area contributed by atoms with Gasteiger partial charge in [0.2, 0.25) is 0 Å². The third kappa shape index (κ3) is 5.93. The van der Waals surface area contributed by atoms with Crippen LogP contribution in [-0.2, 0) is 16.0 Å². The number of esters is 1. The topological polar surface area (TPSA) is 30.7 Å². The van der Waals surface area contributed by atoms with Crippen molar-refractivity contribution in [1.82, 2.24) is 0 Å². The van der Waals surface area contributed by atoms with Gasteiger partial charge in [0.25, 0.3) is 0 Å². The SMILES string of the molecule is [C-]#[N+]c1ccc(-c2ccc(CCCCCOC(=O)C(=C)C)cc2)cc1. The Kier molecular flexibility index (Phi) is 6.98. The summed E-state index contributed by atoms with van der Waals surface area (Å²) < 4.78 is 5.08. The Morgan fingerprint density at radius 1 is 1.00 bits per heavy atom. The van der Waals surface area contributed by atoms with E-state index < -0.39 is 0 Å². The molecule has 0 radical (unpaired) electrons. The molecule has 128 valence electrons. The molecule has 0 heterocycles. The van der Waals surface area contributed by atoms with Gasteiger partial charge in [-0.3, -0.25) is 0 Å². The molecule has 25 heavy (non-hydrogen) atoms. The van der Waals surface area contributed by atoms with Crippen LogP contribution in [-0.4, -0.2) is 12.6 Å². The van der Waals surface area contributed by atoms with Crippen molar-refractivity contribution in [1.29, 1.82) is 0 Å². The average molecular weight is 333 g/mol. The number of carbonyl (C=O) groups excluding carboxylic acids is 1. The first-order valence-electron chi connectivity index (χ1n) is 8.49. The van der Waals surface area contributed by atoms with Crippen LogP contribution in [0.15, 0.2) is 60.7 Å². The maximum absolute atomic E-state index is 11.2.